The molecule has 8 heteroatoms. The number of hydrogen-bond donors (Lipinski definition) is 3. The van der Waals surface area contributed by atoms with Crippen LogP contribution in [0.25, 0.3) is 0 Å². The molecule has 0 radical (unpaired) electrons. The van der Waals surface area contributed by atoms with Gasteiger partial charge in [0.15, 0.2) is 5.82 Å². The average molecular weight is 228 g/mol. The lowest BCUT2D eigenvalue weighted by molar-refractivity contribution is -0.141. The van der Waals surface area contributed by atoms with Crippen LogP contribution in [0.15, 0.2) is 10.9 Å². The highest BCUT2D eigenvalue weighted by atomic mass is 16.5. The summed E-state index contributed by atoms with van der Waals surface area (Å²) in [6, 6.07) is -0.968. The highest BCUT2D eigenvalue weighted by molar-refractivity contribution is 5.82. The Morgan fingerprint density at radius 2 is 2.38 bits per heavy atom. The standard InChI is InChI=1S/C8H12N4O4/c1-5(13)11-6(8(14)15)2-9-3-7-10-4-16-12-7/h4,6,9H,2-3H2,1H3,(H,11,13)(H,14,15). The normalized spacial score (nSPS) is 12.1. The van der Waals surface area contributed by atoms with Crippen LogP contribution in [0.3, 0.4) is 0 Å². The molecule has 0 saturated heterocycles. The number of nitrogens with one attached hydrogen (secondary N) is 2. The van der Waals surface area contributed by atoms with Crippen molar-refractivity contribution in [1.29, 1.82) is 0 Å². The van der Waals surface area contributed by atoms with E-state index in [0.29, 0.717) is 5.82 Å². The van der Waals surface area contributed by atoms with Crippen LogP contribution in [0.4, 0.5) is 0 Å². The molecule has 3 N–H and O–H groups in total. The minimum absolute atomic E-state index is 0.0868. The zero-order chi connectivity index (χ0) is 12.0. The zero-order valence-corrected chi connectivity index (χ0v) is 8.64. The number of aliphatic carboxylic acids is 1. The van der Waals surface area contributed by atoms with Crippen LogP contribution < -0.4 is 10.6 Å². The van der Waals surface area contributed by atoms with Gasteiger partial charge in [-0.1, -0.05) is 5.16 Å². The molecule has 1 amide bonds. The van der Waals surface area contributed by atoms with Crippen LogP contribution in [0.2, 0.25) is 0 Å². The van der Waals surface area contributed by atoms with E-state index in [4.69, 9.17) is 5.11 Å². The number of carboxylic acids is 1. The molecule has 88 valence electrons. The maximum absolute atomic E-state index is 10.7. The van der Waals surface area contributed by atoms with Gasteiger partial charge in [0.2, 0.25) is 12.3 Å². The summed E-state index contributed by atoms with van der Waals surface area (Å²) in [4.78, 5) is 25.2. The van der Waals surface area contributed by atoms with Gasteiger partial charge in [-0.25, -0.2) is 4.79 Å². The van der Waals surface area contributed by atoms with E-state index in [1.165, 1.54) is 13.3 Å². The number of carbonyl (C=O) groups excluding carboxylic acids is 1. The Kier molecular flexibility index (Phi) is 4.40. The molecular formula is C8H12N4O4. The van der Waals surface area contributed by atoms with E-state index in [1.807, 2.05) is 0 Å². The van der Waals surface area contributed by atoms with Gasteiger partial charge in [-0.2, -0.15) is 4.98 Å². The first kappa shape index (κ1) is 12.1. The van der Waals surface area contributed by atoms with Crippen molar-refractivity contribution in [3.05, 3.63) is 12.2 Å². The Balaban J connectivity index is 2.32. The minimum Gasteiger partial charge on any atom is -0.480 e. The van der Waals surface area contributed by atoms with Crippen LogP contribution >= 0.6 is 0 Å². The summed E-state index contributed by atoms with van der Waals surface area (Å²) in [5.41, 5.74) is 0. The second kappa shape index (κ2) is 5.81. The summed E-state index contributed by atoms with van der Waals surface area (Å²) in [7, 11) is 0. The molecule has 16 heavy (non-hydrogen) atoms. The van der Waals surface area contributed by atoms with Crippen LogP contribution in [-0.2, 0) is 16.1 Å². The second-order valence-electron chi connectivity index (χ2n) is 3.07. The van der Waals surface area contributed by atoms with Gasteiger partial charge >= 0.3 is 5.97 Å². The summed E-state index contributed by atoms with van der Waals surface area (Å²) in [5.74, 6) is -1.07. The molecule has 1 aromatic heterocycles. The SMILES string of the molecule is CC(=O)NC(CNCc1ncon1)C(=O)O. The second-order valence-corrected chi connectivity index (χ2v) is 3.07. The van der Waals surface area contributed by atoms with Crippen molar-refractivity contribution in [1.82, 2.24) is 20.8 Å². The van der Waals surface area contributed by atoms with Crippen LogP contribution in [0.1, 0.15) is 12.7 Å². The lowest BCUT2D eigenvalue weighted by atomic mass is 10.3. The summed E-state index contributed by atoms with van der Waals surface area (Å²) >= 11 is 0. The van der Waals surface area contributed by atoms with Gasteiger partial charge in [0.1, 0.15) is 6.04 Å². The third kappa shape index (κ3) is 4.05. The maximum Gasteiger partial charge on any atom is 0.327 e. The largest absolute Gasteiger partial charge is 0.480 e. The van der Waals surface area contributed by atoms with Crippen molar-refractivity contribution in [3.63, 3.8) is 0 Å². The lowest BCUT2D eigenvalue weighted by Gasteiger charge is -2.12. The minimum atomic E-state index is -1.10. The molecule has 1 aromatic rings. The van der Waals surface area contributed by atoms with Gasteiger partial charge in [0.25, 0.3) is 0 Å². The Bertz CT molecular complexity index is 351. The molecule has 0 aliphatic carbocycles. The molecule has 0 fully saturated rings. The highest BCUT2D eigenvalue weighted by Crippen LogP contribution is 1.88. The van der Waals surface area contributed by atoms with Crippen LogP contribution in [-0.4, -0.2) is 39.7 Å². The first-order valence-corrected chi connectivity index (χ1v) is 4.55. The van der Waals surface area contributed by atoms with Crippen molar-refractivity contribution >= 4 is 11.9 Å². The number of carboxylic acid groups (broad SMARTS) is 1. The van der Waals surface area contributed by atoms with E-state index < -0.39 is 17.9 Å². The summed E-state index contributed by atoms with van der Waals surface area (Å²) < 4.78 is 4.50. The summed E-state index contributed by atoms with van der Waals surface area (Å²) in [5, 5.41) is 17.4. The van der Waals surface area contributed by atoms with Crippen LogP contribution in [0.5, 0.6) is 0 Å². The van der Waals surface area contributed by atoms with E-state index in [9.17, 15) is 9.59 Å². The van der Waals surface area contributed by atoms with Gasteiger partial charge in [0, 0.05) is 13.5 Å². The predicted molar refractivity (Wildman–Crippen MR) is 51.2 cm³/mol. The Morgan fingerprint density at radius 3 is 2.88 bits per heavy atom. The van der Waals surface area contributed by atoms with Gasteiger partial charge in [-0.05, 0) is 0 Å². The third-order valence-electron chi connectivity index (χ3n) is 1.71. The summed E-state index contributed by atoms with van der Waals surface area (Å²) in [6.07, 6.45) is 1.18. The van der Waals surface area contributed by atoms with Gasteiger partial charge < -0.3 is 20.3 Å². The topological polar surface area (TPSA) is 117 Å². The fourth-order valence-corrected chi connectivity index (χ4v) is 1.04. The fraction of sp³-hybridized carbons (Fsp3) is 0.500. The van der Waals surface area contributed by atoms with E-state index in [2.05, 4.69) is 25.3 Å². The Hall–Kier alpha value is -1.96. The number of aromatic nitrogens is 2. The van der Waals surface area contributed by atoms with Gasteiger partial charge in [-0.15, -0.1) is 0 Å². The fourth-order valence-electron chi connectivity index (χ4n) is 1.04. The number of nitrogens with zero attached hydrogens (tertiary/aromatic N) is 2. The van der Waals surface area contributed by atoms with Crippen molar-refractivity contribution in [2.45, 2.75) is 19.5 Å². The van der Waals surface area contributed by atoms with Crippen molar-refractivity contribution in [2.75, 3.05) is 6.54 Å². The third-order valence-corrected chi connectivity index (χ3v) is 1.71. The molecular weight excluding hydrogens is 216 g/mol. The molecule has 1 heterocycles. The van der Waals surface area contributed by atoms with Gasteiger partial charge in [0.05, 0.1) is 6.54 Å². The molecule has 1 atom stereocenters. The van der Waals surface area contributed by atoms with E-state index >= 15 is 0 Å². The Morgan fingerprint density at radius 1 is 1.62 bits per heavy atom. The molecule has 0 spiro atoms. The number of amides is 1. The Labute approximate surface area is 91.0 Å². The van der Waals surface area contributed by atoms with E-state index in [-0.39, 0.29) is 13.1 Å². The molecule has 1 rings (SSSR count). The quantitative estimate of drug-likeness (QED) is 0.556. The lowest BCUT2D eigenvalue weighted by Crippen LogP contribution is -2.46. The molecule has 0 bridgehead atoms. The van der Waals surface area contributed by atoms with Crippen molar-refractivity contribution < 1.29 is 19.2 Å². The van der Waals surface area contributed by atoms with E-state index in [0.717, 1.165) is 0 Å². The van der Waals surface area contributed by atoms with Crippen LogP contribution in [0, 0.1) is 0 Å². The molecule has 1 unspecified atom stereocenters. The van der Waals surface area contributed by atoms with Crippen molar-refractivity contribution in [2.24, 2.45) is 0 Å². The zero-order valence-electron chi connectivity index (χ0n) is 8.64. The molecule has 0 aromatic carbocycles. The molecule has 0 aliphatic rings. The number of hydrogen-bond acceptors (Lipinski definition) is 6. The first-order valence-electron chi connectivity index (χ1n) is 4.55. The summed E-state index contributed by atoms with van der Waals surface area (Å²) in [6.45, 7) is 1.62. The molecule has 0 saturated carbocycles. The average Bonchev–Trinajstić information content (AvgIpc) is 2.68. The number of carbonyl (C=O) groups is 2. The van der Waals surface area contributed by atoms with Gasteiger partial charge in [-0.3, -0.25) is 4.79 Å². The number of rotatable bonds is 6. The molecule has 8 nitrogen and oxygen atoms in total. The molecule has 0 aliphatic heterocycles. The van der Waals surface area contributed by atoms with E-state index in [1.54, 1.807) is 0 Å². The first-order chi connectivity index (χ1) is 7.59. The highest BCUT2D eigenvalue weighted by Gasteiger charge is 2.17. The maximum atomic E-state index is 10.7. The monoisotopic (exact) mass is 228 g/mol. The predicted octanol–water partition coefficient (Wildman–Crippen LogP) is -1.25. The van der Waals surface area contributed by atoms with Crippen molar-refractivity contribution in [3.8, 4) is 0 Å². The smallest absolute Gasteiger partial charge is 0.327 e.